The molecule has 0 radical (unpaired) electrons. The number of ether oxygens (including phenoxy) is 2. The van der Waals surface area contributed by atoms with Crippen molar-refractivity contribution >= 4 is 0 Å². The quantitative estimate of drug-likeness (QED) is 0.507. The molecule has 2 aliphatic heterocycles. The molecule has 0 saturated carbocycles. The normalized spacial score (nSPS) is 22.1. The molecule has 0 aromatic heterocycles. The van der Waals surface area contributed by atoms with Crippen molar-refractivity contribution in [3.8, 4) is 0 Å². The summed E-state index contributed by atoms with van der Waals surface area (Å²) >= 11 is 0. The van der Waals surface area contributed by atoms with Gasteiger partial charge in [0.2, 0.25) is 0 Å². The molecule has 2 fully saturated rings. The molecule has 0 spiro atoms. The van der Waals surface area contributed by atoms with Crippen LogP contribution in [0.1, 0.15) is 19.8 Å². The Bertz CT molecular complexity index is 311. The summed E-state index contributed by atoms with van der Waals surface area (Å²) in [6.07, 6.45) is 4.82. The molecule has 0 bridgehead atoms. The largest absolute Gasteiger partial charge is 0.379 e. The van der Waals surface area contributed by atoms with Gasteiger partial charge in [-0.2, -0.15) is 0 Å². The Morgan fingerprint density at radius 2 is 1.59 bits per heavy atom. The molecular formula is C17H33N3O2. The van der Waals surface area contributed by atoms with Crippen LogP contribution in [-0.4, -0.2) is 88.6 Å². The van der Waals surface area contributed by atoms with E-state index in [0.717, 1.165) is 78.8 Å². The van der Waals surface area contributed by atoms with Crippen molar-refractivity contribution in [2.45, 2.75) is 19.8 Å². The average molecular weight is 311 g/mol. The summed E-state index contributed by atoms with van der Waals surface area (Å²) < 4.78 is 10.7. The van der Waals surface area contributed by atoms with E-state index >= 15 is 0 Å². The fourth-order valence-electron chi connectivity index (χ4n) is 2.85. The van der Waals surface area contributed by atoms with Crippen LogP contribution in [0.25, 0.3) is 0 Å². The maximum absolute atomic E-state index is 5.37. The van der Waals surface area contributed by atoms with Crippen molar-refractivity contribution in [3.05, 3.63) is 11.6 Å². The standard InChI is InChI=1S/C17H33N3O2/c1-17(4-7-19-9-13-21-14-10-19)3-2-5-18-6-8-20-11-15-22-16-12-20/h4,18H,2-3,5-16H2,1H3/b17-4-. The molecule has 0 unspecified atom stereocenters. The van der Waals surface area contributed by atoms with Gasteiger partial charge in [-0.15, -0.1) is 0 Å². The third kappa shape index (κ3) is 7.70. The van der Waals surface area contributed by atoms with E-state index in [2.05, 4.69) is 28.1 Å². The van der Waals surface area contributed by atoms with Crippen molar-refractivity contribution in [2.24, 2.45) is 0 Å². The lowest BCUT2D eigenvalue weighted by molar-refractivity contribution is 0.0384. The zero-order valence-electron chi connectivity index (χ0n) is 14.2. The summed E-state index contributed by atoms with van der Waals surface area (Å²) in [5.41, 5.74) is 1.52. The van der Waals surface area contributed by atoms with Crippen molar-refractivity contribution in [3.63, 3.8) is 0 Å². The number of rotatable bonds is 9. The summed E-state index contributed by atoms with van der Waals surface area (Å²) in [7, 11) is 0. The summed E-state index contributed by atoms with van der Waals surface area (Å²) in [5.74, 6) is 0. The Labute approximate surface area is 135 Å². The number of morpholine rings is 2. The van der Waals surface area contributed by atoms with E-state index in [1.807, 2.05) is 0 Å². The highest BCUT2D eigenvalue weighted by Crippen LogP contribution is 2.05. The van der Waals surface area contributed by atoms with Gasteiger partial charge in [0, 0.05) is 45.8 Å². The number of hydrogen-bond acceptors (Lipinski definition) is 5. The molecule has 0 aromatic rings. The van der Waals surface area contributed by atoms with Crippen LogP contribution in [-0.2, 0) is 9.47 Å². The third-order valence-electron chi connectivity index (χ3n) is 4.43. The van der Waals surface area contributed by atoms with Crippen LogP contribution in [0.2, 0.25) is 0 Å². The minimum Gasteiger partial charge on any atom is -0.379 e. The first kappa shape index (κ1) is 17.9. The minimum absolute atomic E-state index is 0.889. The van der Waals surface area contributed by atoms with Crippen LogP contribution in [0.4, 0.5) is 0 Å². The van der Waals surface area contributed by atoms with Crippen LogP contribution >= 0.6 is 0 Å². The van der Waals surface area contributed by atoms with Gasteiger partial charge in [-0.3, -0.25) is 9.80 Å². The molecule has 0 aromatic carbocycles. The molecule has 2 aliphatic rings. The summed E-state index contributed by atoms with van der Waals surface area (Å²) in [5, 5.41) is 3.56. The van der Waals surface area contributed by atoms with Gasteiger partial charge in [-0.1, -0.05) is 11.6 Å². The third-order valence-corrected chi connectivity index (χ3v) is 4.43. The average Bonchev–Trinajstić information content (AvgIpc) is 2.58. The lowest BCUT2D eigenvalue weighted by Gasteiger charge is -2.26. The molecule has 1 N–H and O–H groups in total. The van der Waals surface area contributed by atoms with Gasteiger partial charge in [0.1, 0.15) is 0 Å². The first-order valence-corrected chi connectivity index (χ1v) is 8.81. The van der Waals surface area contributed by atoms with Gasteiger partial charge in [0.25, 0.3) is 0 Å². The molecule has 0 atom stereocenters. The predicted octanol–water partition coefficient (Wildman–Crippen LogP) is 0.967. The molecule has 0 aliphatic carbocycles. The van der Waals surface area contributed by atoms with Crippen molar-refractivity contribution in [1.82, 2.24) is 15.1 Å². The molecule has 128 valence electrons. The smallest absolute Gasteiger partial charge is 0.0594 e. The van der Waals surface area contributed by atoms with E-state index in [-0.39, 0.29) is 0 Å². The first-order chi connectivity index (χ1) is 10.8. The van der Waals surface area contributed by atoms with E-state index in [0.29, 0.717) is 0 Å². The van der Waals surface area contributed by atoms with E-state index in [1.54, 1.807) is 0 Å². The highest BCUT2D eigenvalue weighted by atomic mass is 16.5. The maximum Gasteiger partial charge on any atom is 0.0594 e. The predicted molar refractivity (Wildman–Crippen MR) is 90.4 cm³/mol. The highest BCUT2D eigenvalue weighted by molar-refractivity contribution is 4.99. The van der Waals surface area contributed by atoms with Crippen LogP contribution in [0.15, 0.2) is 11.6 Å². The molecule has 2 heterocycles. The van der Waals surface area contributed by atoms with E-state index in [4.69, 9.17) is 9.47 Å². The highest BCUT2D eigenvalue weighted by Gasteiger charge is 2.09. The Hall–Kier alpha value is -0.460. The summed E-state index contributed by atoms with van der Waals surface area (Å²) in [6, 6.07) is 0. The monoisotopic (exact) mass is 311 g/mol. The fourth-order valence-corrected chi connectivity index (χ4v) is 2.85. The van der Waals surface area contributed by atoms with Crippen LogP contribution in [0, 0.1) is 0 Å². The molecule has 0 amide bonds. The molecular weight excluding hydrogens is 278 g/mol. The molecule has 2 saturated heterocycles. The maximum atomic E-state index is 5.37. The second kappa shape index (κ2) is 11.1. The zero-order valence-corrected chi connectivity index (χ0v) is 14.2. The Morgan fingerprint density at radius 3 is 2.27 bits per heavy atom. The number of allylic oxidation sites excluding steroid dienone is 1. The van der Waals surface area contributed by atoms with E-state index in [9.17, 15) is 0 Å². The van der Waals surface area contributed by atoms with Crippen LogP contribution < -0.4 is 5.32 Å². The number of hydrogen-bond donors (Lipinski definition) is 1. The summed E-state index contributed by atoms with van der Waals surface area (Å²) in [6.45, 7) is 14.6. The van der Waals surface area contributed by atoms with E-state index < -0.39 is 0 Å². The Balaban J connectivity index is 1.43. The van der Waals surface area contributed by atoms with E-state index in [1.165, 1.54) is 18.4 Å². The molecule has 5 nitrogen and oxygen atoms in total. The number of nitrogens with zero attached hydrogens (tertiary/aromatic N) is 2. The van der Waals surface area contributed by atoms with Gasteiger partial charge in [-0.25, -0.2) is 0 Å². The fraction of sp³-hybridized carbons (Fsp3) is 0.882. The van der Waals surface area contributed by atoms with Crippen molar-refractivity contribution in [2.75, 3.05) is 78.8 Å². The number of nitrogens with one attached hydrogen (secondary N) is 1. The molecule has 22 heavy (non-hydrogen) atoms. The van der Waals surface area contributed by atoms with Gasteiger partial charge in [0.15, 0.2) is 0 Å². The van der Waals surface area contributed by atoms with Gasteiger partial charge >= 0.3 is 0 Å². The summed E-state index contributed by atoms with van der Waals surface area (Å²) in [4.78, 5) is 4.94. The second-order valence-corrected chi connectivity index (χ2v) is 6.27. The Kier molecular flexibility index (Phi) is 9.05. The molecule has 2 rings (SSSR count). The lowest BCUT2D eigenvalue weighted by Crippen LogP contribution is -2.40. The van der Waals surface area contributed by atoms with Gasteiger partial charge < -0.3 is 14.8 Å². The van der Waals surface area contributed by atoms with Crippen molar-refractivity contribution in [1.29, 1.82) is 0 Å². The minimum atomic E-state index is 0.889. The van der Waals surface area contributed by atoms with Crippen molar-refractivity contribution < 1.29 is 9.47 Å². The lowest BCUT2D eigenvalue weighted by atomic mass is 10.1. The zero-order chi connectivity index (χ0) is 15.5. The van der Waals surface area contributed by atoms with Gasteiger partial charge in [0.05, 0.1) is 26.4 Å². The second-order valence-electron chi connectivity index (χ2n) is 6.27. The molecule has 5 heteroatoms. The van der Waals surface area contributed by atoms with Crippen LogP contribution in [0.5, 0.6) is 0 Å². The first-order valence-electron chi connectivity index (χ1n) is 8.81. The topological polar surface area (TPSA) is 37.0 Å². The Morgan fingerprint density at radius 1 is 0.955 bits per heavy atom. The SMILES string of the molecule is C/C(=C/CN1CCOCC1)CCCNCCN1CCOCC1. The van der Waals surface area contributed by atoms with Gasteiger partial charge in [-0.05, 0) is 26.3 Å². The van der Waals surface area contributed by atoms with Crippen LogP contribution in [0.3, 0.4) is 0 Å².